The number of pyridine rings is 2. The Balaban J connectivity index is 1.51. The molecule has 1 aromatic carbocycles. The molecule has 0 saturated carbocycles. The molecule has 0 radical (unpaired) electrons. The van der Waals surface area contributed by atoms with Gasteiger partial charge < -0.3 is 14.8 Å². The second-order valence-corrected chi connectivity index (χ2v) is 8.04. The topological polar surface area (TPSA) is 63.1 Å². The van der Waals surface area contributed by atoms with Gasteiger partial charge in [0.05, 0.1) is 24.0 Å². The predicted octanol–water partition coefficient (Wildman–Crippen LogP) is 5.10. The Morgan fingerprint density at radius 3 is 2.47 bits per heavy atom. The maximum Gasteiger partial charge on any atom is 0.417 e. The molecule has 34 heavy (non-hydrogen) atoms. The molecule has 0 spiro atoms. The molecule has 0 bridgehead atoms. The van der Waals surface area contributed by atoms with E-state index in [1.54, 1.807) is 24.3 Å². The molecule has 0 aliphatic carbocycles. The lowest BCUT2D eigenvalue weighted by Crippen LogP contribution is -2.37. The summed E-state index contributed by atoms with van der Waals surface area (Å²) in [6.07, 6.45) is -1.24. The Hall–Kier alpha value is -3.95. The van der Waals surface area contributed by atoms with Gasteiger partial charge in [0.1, 0.15) is 23.0 Å². The summed E-state index contributed by atoms with van der Waals surface area (Å²) in [6.45, 7) is 1.78. The fraction of sp³-hybridized carbons (Fsp3) is 0.208. The minimum absolute atomic E-state index is 0.0527. The van der Waals surface area contributed by atoms with Crippen molar-refractivity contribution < 1.29 is 22.4 Å². The van der Waals surface area contributed by atoms with Crippen LogP contribution in [0.1, 0.15) is 28.0 Å². The predicted molar refractivity (Wildman–Crippen MR) is 119 cm³/mol. The first-order valence-electron chi connectivity index (χ1n) is 10.6. The average Bonchev–Trinajstić information content (AvgIpc) is 3.13. The van der Waals surface area contributed by atoms with Crippen molar-refractivity contribution in [1.82, 2.24) is 14.5 Å². The Morgan fingerprint density at radius 2 is 1.82 bits per heavy atom. The van der Waals surface area contributed by atoms with E-state index in [9.17, 15) is 22.4 Å². The number of hydrogen-bond donors (Lipinski definition) is 1. The second-order valence-electron chi connectivity index (χ2n) is 8.04. The third-order valence-corrected chi connectivity index (χ3v) is 5.77. The number of nitrogens with one attached hydrogen (secondary N) is 1. The van der Waals surface area contributed by atoms with Crippen LogP contribution in [-0.2, 0) is 12.7 Å². The van der Waals surface area contributed by atoms with Crippen LogP contribution in [0.4, 0.5) is 29.1 Å². The van der Waals surface area contributed by atoms with E-state index in [2.05, 4.69) is 20.2 Å². The van der Waals surface area contributed by atoms with Crippen LogP contribution in [-0.4, -0.2) is 33.5 Å². The van der Waals surface area contributed by atoms with Crippen LogP contribution < -0.4 is 10.2 Å². The van der Waals surface area contributed by atoms with Gasteiger partial charge in [0.15, 0.2) is 0 Å². The highest BCUT2D eigenvalue weighted by molar-refractivity contribution is 6.06. The minimum atomic E-state index is -4.58. The summed E-state index contributed by atoms with van der Waals surface area (Å²) in [5.41, 5.74) is -0.0254. The first-order chi connectivity index (χ1) is 16.3. The van der Waals surface area contributed by atoms with Gasteiger partial charge in [0.25, 0.3) is 5.91 Å². The smallest absolute Gasteiger partial charge is 0.356 e. The Bertz CT molecular complexity index is 1360. The van der Waals surface area contributed by atoms with Crippen molar-refractivity contribution in [2.45, 2.75) is 19.1 Å². The number of benzene rings is 1. The molecule has 1 N–H and O–H groups in total. The number of carbonyl (C=O) groups excluding carboxylic acids is 1. The lowest BCUT2D eigenvalue weighted by molar-refractivity contribution is -0.137. The van der Waals surface area contributed by atoms with E-state index in [4.69, 9.17) is 0 Å². The molecule has 1 aliphatic heterocycles. The van der Waals surface area contributed by atoms with Crippen LogP contribution in [0, 0.1) is 5.82 Å². The fourth-order valence-electron chi connectivity index (χ4n) is 3.83. The van der Waals surface area contributed by atoms with Crippen molar-refractivity contribution >= 4 is 28.4 Å². The molecule has 1 fully saturated rings. The van der Waals surface area contributed by atoms with E-state index in [1.165, 1.54) is 29.0 Å². The third kappa shape index (κ3) is 4.18. The zero-order valence-electron chi connectivity index (χ0n) is 17.8. The highest BCUT2D eigenvalue weighted by Crippen LogP contribution is 2.32. The Morgan fingerprint density at radius 1 is 1.03 bits per heavy atom. The van der Waals surface area contributed by atoms with Gasteiger partial charge in [-0.05, 0) is 36.8 Å². The van der Waals surface area contributed by atoms with E-state index in [0.717, 1.165) is 31.4 Å². The van der Waals surface area contributed by atoms with E-state index >= 15 is 0 Å². The molecular formula is C24H19F4N5O. The molecule has 6 nitrogen and oxygen atoms in total. The number of anilines is 2. The van der Waals surface area contributed by atoms with E-state index < -0.39 is 23.5 Å². The number of nitrogens with zero attached hydrogens (tertiary/aromatic N) is 4. The van der Waals surface area contributed by atoms with Crippen LogP contribution >= 0.6 is 0 Å². The maximum absolute atomic E-state index is 14.3. The highest BCUT2D eigenvalue weighted by atomic mass is 19.4. The Kier molecular flexibility index (Phi) is 5.43. The Labute approximate surface area is 191 Å². The van der Waals surface area contributed by atoms with Crippen molar-refractivity contribution in [1.29, 1.82) is 0 Å². The van der Waals surface area contributed by atoms with Crippen LogP contribution in [0.25, 0.3) is 11.0 Å². The largest absolute Gasteiger partial charge is 0.417 e. The summed E-state index contributed by atoms with van der Waals surface area (Å²) >= 11 is 0. The van der Waals surface area contributed by atoms with Crippen molar-refractivity contribution in [3.05, 3.63) is 83.6 Å². The second kappa shape index (κ2) is 8.44. The molecule has 0 unspecified atom stereocenters. The van der Waals surface area contributed by atoms with Gasteiger partial charge in [-0.2, -0.15) is 13.2 Å². The number of rotatable bonds is 5. The lowest BCUT2D eigenvalue weighted by atomic mass is 10.2. The molecule has 4 heterocycles. The van der Waals surface area contributed by atoms with E-state index in [1.807, 2.05) is 0 Å². The number of carbonyl (C=O) groups is 1. The zero-order chi connectivity index (χ0) is 23.9. The molecule has 1 amide bonds. The summed E-state index contributed by atoms with van der Waals surface area (Å²) < 4.78 is 55.3. The monoisotopic (exact) mass is 469 g/mol. The van der Waals surface area contributed by atoms with Crippen molar-refractivity contribution in [3.8, 4) is 0 Å². The first kappa shape index (κ1) is 21.9. The SMILES string of the molecule is O=C(Nc1ccc(N2CCC2)nc1)c1cc2cc(C(F)(F)F)cnc2n1Cc1ccccc1F. The zero-order valence-corrected chi connectivity index (χ0v) is 17.8. The van der Waals surface area contributed by atoms with Crippen molar-refractivity contribution in [2.75, 3.05) is 23.3 Å². The van der Waals surface area contributed by atoms with Crippen LogP contribution in [0.15, 0.2) is 60.9 Å². The van der Waals surface area contributed by atoms with Gasteiger partial charge >= 0.3 is 6.18 Å². The van der Waals surface area contributed by atoms with E-state index in [0.29, 0.717) is 11.9 Å². The van der Waals surface area contributed by atoms with Gasteiger partial charge in [0.2, 0.25) is 0 Å². The fourth-order valence-corrected chi connectivity index (χ4v) is 3.83. The molecule has 3 aromatic heterocycles. The van der Waals surface area contributed by atoms with Crippen molar-refractivity contribution in [2.24, 2.45) is 0 Å². The summed E-state index contributed by atoms with van der Waals surface area (Å²) in [5.74, 6) is -0.253. The number of hydrogen-bond acceptors (Lipinski definition) is 4. The molecule has 174 valence electrons. The average molecular weight is 469 g/mol. The standard InChI is InChI=1S/C24H19F4N5O/c25-19-5-2-1-4-15(19)14-33-20(11-16-10-17(24(26,27)28)12-30-22(16)33)23(34)31-18-6-7-21(29-13-18)32-8-3-9-32/h1-2,4-7,10-13H,3,8-9,14H2,(H,31,34). The normalized spacial score (nSPS) is 13.7. The molecule has 0 atom stereocenters. The summed E-state index contributed by atoms with van der Waals surface area (Å²) in [5, 5.41) is 2.85. The highest BCUT2D eigenvalue weighted by Gasteiger charge is 2.32. The molecule has 4 aromatic rings. The first-order valence-corrected chi connectivity index (χ1v) is 10.6. The molecule has 1 aliphatic rings. The number of halogens is 4. The number of amides is 1. The van der Waals surface area contributed by atoms with Crippen LogP contribution in [0.3, 0.4) is 0 Å². The maximum atomic E-state index is 14.3. The molecule has 10 heteroatoms. The van der Waals surface area contributed by atoms with Crippen molar-refractivity contribution in [3.63, 3.8) is 0 Å². The van der Waals surface area contributed by atoms with Crippen LogP contribution in [0.2, 0.25) is 0 Å². The van der Waals surface area contributed by atoms with Gasteiger partial charge in [-0.15, -0.1) is 0 Å². The third-order valence-electron chi connectivity index (χ3n) is 5.77. The quantitative estimate of drug-likeness (QED) is 0.413. The van der Waals surface area contributed by atoms with E-state index in [-0.39, 0.29) is 28.8 Å². The molecule has 1 saturated heterocycles. The van der Waals surface area contributed by atoms with Gasteiger partial charge in [-0.3, -0.25) is 4.79 Å². The summed E-state index contributed by atoms with van der Waals surface area (Å²) in [7, 11) is 0. The summed E-state index contributed by atoms with van der Waals surface area (Å²) in [6, 6.07) is 11.8. The summed E-state index contributed by atoms with van der Waals surface area (Å²) in [4.78, 5) is 23.5. The number of fused-ring (bicyclic) bond motifs is 1. The van der Waals surface area contributed by atoms with Crippen LogP contribution in [0.5, 0.6) is 0 Å². The van der Waals surface area contributed by atoms with Gasteiger partial charge in [-0.1, -0.05) is 18.2 Å². The van der Waals surface area contributed by atoms with Gasteiger partial charge in [0, 0.05) is 30.2 Å². The molecule has 5 rings (SSSR count). The number of aromatic nitrogens is 3. The lowest BCUT2D eigenvalue weighted by Gasteiger charge is -2.31. The minimum Gasteiger partial charge on any atom is -0.356 e. The molecular weight excluding hydrogens is 450 g/mol. The number of alkyl halides is 3. The van der Waals surface area contributed by atoms with Gasteiger partial charge in [-0.25, -0.2) is 14.4 Å².